The second kappa shape index (κ2) is 5.42. The van der Waals surface area contributed by atoms with Gasteiger partial charge in [0.1, 0.15) is 5.69 Å². The van der Waals surface area contributed by atoms with Crippen LogP contribution >= 0.6 is 0 Å². The van der Waals surface area contributed by atoms with E-state index in [1.165, 1.54) is 0 Å². The molecule has 1 unspecified atom stereocenters. The average molecular weight is 264 g/mol. The molecular weight excluding hydrogens is 244 g/mol. The smallest absolute Gasteiger partial charge is 0.274 e. The number of amides is 2. The highest BCUT2D eigenvalue weighted by Crippen LogP contribution is 2.19. The number of aryl methyl sites for hydroxylation is 1. The van der Waals surface area contributed by atoms with E-state index >= 15 is 0 Å². The van der Waals surface area contributed by atoms with Crippen LogP contribution in [0.4, 0.5) is 0 Å². The zero-order valence-electron chi connectivity index (χ0n) is 11.7. The van der Waals surface area contributed by atoms with Crippen molar-refractivity contribution in [1.29, 1.82) is 0 Å². The van der Waals surface area contributed by atoms with Gasteiger partial charge in [-0.15, -0.1) is 0 Å². The molecule has 0 aliphatic carbocycles. The van der Waals surface area contributed by atoms with Crippen LogP contribution in [0.25, 0.3) is 0 Å². The van der Waals surface area contributed by atoms with Gasteiger partial charge in [0, 0.05) is 40.4 Å². The van der Waals surface area contributed by atoms with Gasteiger partial charge in [-0.1, -0.05) is 0 Å². The molecule has 1 saturated heterocycles. The van der Waals surface area contributed by atoms with Crippen molar-refractivity contribution >= 4 is 11.8 Å². The molecule has 6 nitrogen and oxygen atoms in total. The van der Waals surface area contributed by atoms with E-state index in [1.807, 2.05) is 0 Å². The highest BCUT2D eigenvalue weighted by Gasteiger charge is 2.30. The Morgan fingerprint density at radius 3 is 2.74 bits per heavy atom. The van der Waals surface area contributed by atoms with Crippen LogP contribution in [0.5, 0.6) is 0 Å². The molecule has 1 aromatic rings. The second-order valence-electron chi connectivity index (χ2n) is 5.20. The van der Waals surface area contributed by atoms with Crippen LogP contribution < -0.4 is 0 Å². The molecule has 1 aliphatic heterocycles. The quantitative estimate of drug-likeness (QED) is 0.775. The van der Waals surface area contributed by atoms with Crippen LogP contribution in [0.3, 0.4) is 0 Å². The first-order valence-electron chi connectivity index (χ1n) is 6.49. The fraction of sp³-hybridized carbons (Fsp3) is 0.615. The van der Waals surface area contributed by atoms with Crippen LogP contribution in [-0.2, 0) is 11.8 Å². The van der Waals surface area contributed by atoms with Crippen molar-refractivity contribution in [2.45, 2.75) is 12.8 Å². The van der Waals surface area contributed by atoms with E-state index in [9.17, 15) is 9.59 Å². The largest absolute Gasteiger partial charge is 0.349 e. The maximum atomic E-state index is 12.3. The third-order valence-electron chi connectivity index (χ3n) is 3.43. The molecule has 104 valence electrons. The van der Waals surface area contributed by atoms with Crippen LogP contribution in [0.15, 0.2) is 12.3 Å². The Balaban J connectivity index is 2.05. The first-order valence-corrected chi connectivity index (χ1v) is 6.49. The molecule has 1 atom stereocenters. The van der Waals surface area contributed by atoms with Crippen LogP contribution in [0.2, 0.25) is 0 Å². The van der Waals surface area contributed by atoms with E-state index in [1.54, 1.807) is 47.9 Å². The fourth-order valence-corrected chi connectivity index (χ4v) is 2.42. The van der Waals surface area contributed by atoms with E-state index in [2.05, 4.69) is 5.10 Å². The molecule has 0 bridgehead atoms. The van der Waals surface area contributed by atoms with Gasteiger partial charge in [-0.3, -0.25) is 14.3 Å². The minimum atomic E-state index is -0.0867. The van der Waals surface area contributed by atoms with E-state index in [-0.39, 0.29) is 17.7 Å². The summed E-state index contributed by atoms with van der Waals surface area (Å²) in [6.07, 6.45) is 3.46. The number of likely N-dealkylation sites (tertiary alicyclic amines) is 1. The first-order chi connectivity index (χ1) is 8.99. The molecule has 1 aliphatic rings. The summed E-state index contributed by atoms with van der Waals surface area (Å²) in [5, 5.41) is 4.12. The van der Waals surface area contributed by atoms with Crippen LogP contribution in [-0.4, -0.2) is 58.6 Å². The molecule has 19 heavy (non-hydrogen) atoms. The predicted octanol–water partition coefficient (Wildman–Crippen LogP) is 0.360. The van der Waals surface area contributed by atoms with Crippen molar-refractivity contribution in [1.82, 2.24) is 19.6 Å². The Hall–Kier alpha value is -1.85. The van der Waals surface area contributed by atoms with E-state index in [0.29, 0.717) is 18.8 Å². The van der Waals surface area contributed by atoms with E-state index in [0.717, 1.165) is 12.8 Å². The monoisotopic (exact) mass is 264 g/mol. The summed E-state index contributed by atoms with van der Waals surface area (Å²) in [6.45, 7) is 1.19. The van der Waals surface area contributed by atoms with Gasteiger partial charge >= 0.3 is 0 Å². The summed E-state index contributed by atoms with van der Waals surface area (Å²) in [4.78, 5) is 27.6. The first kappa shape index (κ1) is 13.6. The third-order valence-corrected chi connectivity index (χ3v) is 3.43. The Kier molecular flexibility index (Phi) is 3.87. The normalized spacial score (nSPS) is 19.3. The summed E-state index contributed by atoms with van der Waals surface area (Å²) in [6, 6.07) is 1.71. The van der Waals surface area contributed by atoms with Crippen LogP contribution in [0.1, 0.15) is 23.3 Å². The zero-order chi connectivity index (χ0) is 14.0. The highest BCUT2D eigenvalue weighted by atomic mass is 16.2. The summed E-state index contributed by atoms with van der Waals surface area (Å²) in [7, 11) is 5.29. The fourth-order valence-electron chi connectivity index (χ4n) is 2.42. The molecule has 6 heteroatoms. The molecule has 2 rings (SSSR count). The summed E-state index contributed by atoms with van der Waals surface area (Å²) < 4.78 is 1.61. The molecule has 0 radical (unpaired) electrons. The minimum absolute atomic E-state index is 0.0862. The van der Waals surface area contributed by atoms with E-state index in [4.69, 9.17) is 0 Å². The van der Waals surface area contributed by atoms with Crippen molar-refractivity contribution in [3.63, 3.8) is 0 Å². The topological polar surface area (TPSA) is 58.4 Å². The van der Waals surface area contributed by atoms with Crippen molar-refractivity contribution in [2.24, 2.45) is 13.0 Å². The lowest BCUT2D eigenvalue weighted by Gasteiger charge is -2.32. The van der Waals surface area contributed by atoms with Gasteiger partial charge in [-0.25, -0.2) is 0 Å². The number of carbonyl (C=O) groups is 2. The van der Waals surface area contributed by atoms with Gasteiger partial charge in [-0.2, -0.15) is 5.10 Å². The number of hydrogen-bond donors (Lipinski definition) is 0. The molecule has 0 spiro atoms. The number of rotatable bonds is 2. The van der Waals surface area contributed by atoms with Crippen molar-refractivity contribution in [3.05, 3.63) is 18.0 Å². The number of piperidine rings is 1. The van der Waals surface area contributed by atoms with Gasteiger partial charge in [0.25, 0.3) is 5.91 Å². The Labute approximate surface area is 113 Å². The number of nitrogens with zero attached hydrogens (tertiary/aromatic N) is 4. The molecule has 1 aromatic heterocycles. The Morgan fingerprint density at radius 2 is 2.16 bits per heavy atom. The Morgan fingerprint density at radius 1 is 1.42 bits per heavy atom. The second-order valence-corrected chi connectivity index (χ2v) is 5.20. The number of hydrogen-bond acceptors (Lipinski definition) is 3. The van der Waals surface area contributed by atoms with Gasteiger partial charge in [0.2, 0.25) is 5.91 Å². The number of carbonyl (C=O) groups excluding carboxylic acids is 2. The highest BCUT2D eigenvalue weighted by molar-refractivity contribution is 5.92. The SMILES string of the molecule is CN(C)C(=O)C1CCCN(C(=O)c2ccn(C)n2)C1. The van der Waals surface area contributed by atoms with Gasteiger partial charge < -0.3 is 9.80 Å². The molecule has 1 fully saturated rings. The maximum Gasteiger partial charge on any atom is 0.274 e. The van der Waals surface area contributed by atoms with Crippen molar-refractivity contribution in [2.75, 3.05) is 27.2 Å². The molecule has 0 N–H and O–H groups in total. The predicted molar refractivity (Wildman–Crippen MR) is 70.5 cm³/mol. The van der Waals surface area contributed by atoms with Gasteiger partial charge in [0.15, 0.2) is 0 Å². The lowest BCUT2D eigenvalue weighted by atomic mass is 9.96. The maximum absolute atomic E-state index is 12.3. The molecule has 0 saturated carbocycles. The zero-order valence-corrected chi connectivity index (χ0v) is 11.7. The summed E-state index contributed by atoms with van der Waals surface area (Å²) in [5.41, 5.74) is 0.445. The molecular formula is C13H20N4O2. The number of aromatic nitrogens is 2. The molecule has 0 aromatic carbocycles. The minimum Gasteiger partial charge on any atom is -0.349 e. The Bertz CT molecular complexity index is 481. The van der Waals surface area contributed by atoms with Crippen LogP contribution in [0, 0.1) is 5.92 Å². The van der Waals surface area contributed by atoms with E-state index < -0.39 is 0 Å². The standard InChI is InChI=1S/C13H20N4O2/c1-15(2)12(18)10-5-4-7-17(9-10)13(19)11-6-8-16(3)14-11/h6,8,10H,4-5,7,9H2,1-3H3. The summed E-state index contributed by atoms with van der Waals surface area (Å²) in [5.74, 6) is -0.0770. The van der Waals surface area contributed by atoms with Gasteiger partial charge in [-0.05, 0) is 18.9 Å². The molecule has 2 heterocycles. The third kappa shape index (κ3) is 2.94. The lowest BCUT2D eigenvalue weighted by molar-refractivity contribution is -0.134. The van der Waals surface area contributed by atoms with Crippen molar-refractivity contribution in [3.8, 4) is 0 Å². The summed E-state index contributed by atoms with van der Waals surface area (Å²) >= 11 is 0. The average Bonchev–Trinajstić information content (AvgIpc) is 2.83. The van der Waals surface area contributed by atoms with Crippen molar-refractivity contribution < 1.29 is 9.59 Å². The van der Waals surface area contributed by atoms with Gasteiger partial charge in [0.05, 0.1) is 5.92 Å². The lowest BCUT2D eigenvalue weighted by Crippen LogP contribution is -2.45. The molecule has 2 amide bonds.